The van der Waals surface area contributed by atoms with Crippen LogP contribution in [0.15, 0.2) is 3.79 Å². The highest BCUT2D eigenvalue weighted by Crippen LogP contribution is 2.34. The first-order valence-electron chi connectivity index (χ1n) is 4.98. The second-order valence-electron chi connectivity index (χ2n) is 3.99. The molecule has 0 unspecified atom stereocenters. The number of hydrogen-bond donors (Lipinski definition) is 0. The van der Waals surface area contributed by atoms with Crippen molar-refractivity contribution in [2.45, 2.75) is 25.7 Å². The second-order valence-corrected chi connectivity index (χ2v) is 6.34. The van der Waals surface area contributed by atoms with Crippen molar-refractivity contribution in [3.8, 4) is 0 Å². The van der Waals surface area contributed by atoms with Gasteiger partial charge in [-0.1, -0.05) is 0 Å². The molecule has 1 aliphatic rings. The maximum absolute atomic E-state index is 4.61. The molecule has 1 saturated heterocycles. The van der Waals surface area contributed by atoms with Gasteiger partial charge in [0.25, 0.3) is 0 Å². The van der Waals surface area contributed by atoms with Crippen LogP contribution in [0.4, 0.5) is 0 Å². The molecule has 0 atom stereocenters. The van der Waals surface area contributed by atoms with Crippen LogP contribution in [0.3, 0.4) is 0 Å². The van der Waals surface area contributed by atoms with Crippen LogP contribution in [0.25, 0.3) is 0 Å². The fourth-order valence-electron chi connectivity index (χ4n) is 1.83. The average Bonchev–Trinajstić information content (AvgIpc) is 2.48. The first kappa shape index (κ1) is 10.6. The van der Waals surface area contributed by atoms with Crippen LogP contribution >= 0.6 is 27.3 Å². The van der Waals surface area contributed by atoms with E-state index in [1.54, 1.807) is 0 Å². The number of hydrogen-bond acceptors (Lipinski definition) is 3. The summed E-state index contributed by atoms with van der Waals surface area (Å²) in [5.41, 5.74) is 1.14. The van der Waals surface area contributed by atoms with E-state index in [0.717, 1.165) is 5.69 Å². The third-order valence-corrected chi connectivity index (χ3v) is 4.99. The van der Waals surface area contributed by atoms with E-state index in [1.807, 2.05) is 11.3 Å². The molecule has 0 saturated carbocycles. The Kier molecular flexibility index (Phi) is 3.24. The van der Waals surface area contributed by atoms with Gasteiger partial charge in [0, 0.05) is 5.92 Å². The molecule has 2 heterocycles. The standard InChI is InChI=1S/C10H15BrN2S/c1-7-9(11)14-10(12-7)8-3-5-13(2)6-4-8/h8H,3-6H2,1-2H3. The molecule has 0 radical (unpaired) electrons. The fourth-order valence-corrected chi connectivity index (χ4v) is 3.38. The van der Waals surface area contributed by atoms with Crippen molar-refractivity contribution >= 4 is 27.3 Å². The van der Waals surface area contributed by atoms with E-state index in [0.29, 0.717) is 5.92 Å². The third kappa shape index (κ3) is 2.18. The Morgan fingerprint density at radius 1 is 1.43 bits per heavy atom. The smallest absolute Gasteiger partial charge is 0.0971 e. The lowest BCUT2D eigenvalue weighted by molar-refractivity contribution is 0.255. The largest absolute Gasteiger partial charge is 0.306 e. The summed E-state index contributed by atoms with van der Waals surface area (Å²) in [7, 11) is 2.19. The predicted octanol–water partition coefficient (Wildman–Crippen LogP) is 3.02. The van der Waals surface area contributed by atoms with E-state index < -0.39 is 0 Å². The van der Waals surface area contributed by atoms with Gasteiger partial charge in [-0.2, -0.15) is 0 Å². The summed E-state index contributed by atoms with van der Waals surface area (Å²) in [6, 6.07) is 0. The van der Waals surface area contributed by atoms with Crippen molar-refractivity contribution in [1.82, 2.24) is 9.88 Å². The lowest BCUT2D eigenvalue weighted by Gasteiger charge is -2.27. The van der Waals surface area contributed by atoms with Gasteiger partial charge in [0.05, 0.1) is 14.5 Å². The molecule has 1 aromatic heterocycles. The summed E-state index contributed by atoms with van der Waals surface area (Å²) in [6.45, 7) is 4.49. The zero-order valence-corrected chi connectivity index (χ0v) is 11.0. The van der Waals surface area contributed by atoms with Gasteiger partial charge in [0.15, 0.2) is 0 Å². The summed E-state index contributed by atoms with van der Waals surface area (Å²) in [5.74, 6) is 0.696. The van der Waals surface area contributed by atoms with Crippen molar-refractivity contribution in [1.29, 1.82) is 0 Å². The highest BCUT2D eigenvalue weighted by atomic mass is 79.9. The highest BCUT2D eigenvalue weighted by Gasteiger charge is 2.21. The van der Waals surface area contributed by atoms with Crippen molar-refractivity contribution in [3.05, 3.63) is 14.5 Å². The Hall–Kier alpha value is 0.0700. The molecule has 78 valence electrons. The maximum atomic E-state index is 4.61. The van der Waals surface area contributed by atoms with Crippen LogP contribution in [0.2, 0.25) is 0 Å². The Morgan fingerprint density at radius 3 is 2.57 bits per heavy atom. The summed E-state index contributed by atoms with van der Waals surface area (Å²) < 4.78 is 1.20. The zero-order valence-electron chi connectivity index (χ0n) is 8.59. The van der Waals surface area contributed by atoms with Crippen LogP contribution < -0.4 is 0 Å². The molecule has 1 aliphatic heterocycles. The third-order valence-electron chi connectivity index (χ3n) is 2.82. The van der Waals surface area contributed by atoms with Gasteiger partial charge >= 0.3 is 0 Å². The first-order valence-corrected chi connectivity index (χ1v) is 6.59. The Bertz CT molecular complexity index is 296. The second kappa shape index (κ2) is 4.29. The van der Waals surface area contributed by atoms with Crippen LogP contribution in [0.1, 0.15) is 29.5 Å². The lowest BCUT2D eigenvalue weighted by Crippen LogP contribution is -2.29. The number of piperidine rings is 1. The Balaban J connectivity index is 2.08. The van der Waals surface area contributed by atoms with Crippen LogP contribution in [-0.2, 0) is 0 Å². The van der Waals surface area contributed by atoms with Gasteiger partial charge in [0.2, 0.25) is 0 Å². The molecule has 0 aliphatic carbocycles. The van der Waals surface area contributed by atoms with Crippen LogP contribution in [0, 0.1) is 6.92 Å². The number of rotatable bonds is 1. The number of nitrogens with zero attached hydrogens (tertiary/aromatic N) is 2. The topological polar surface area (TPSA) is 16.1 Å². The summed E-state index contributed by atoms with van der Waals surface area (Å²) in [4.78, 5) is 7.01. The highest BCUT2D eigenvalue weighted by molar-refractivity contribution is 9.11. The number of likely N-dealkylation sites (tertiary alicyclic amines) is 1. The minimum absolute atomic E-state index is 0.696. The minimum Gasteiger partial charge on any atom is -0.306 e. The average molecular weight is 275 g/mol. The van der Waals surface area contributed by atoms with Crippen molar-refractivity contribution in [2.75, 3.05) is 20.1 Å². The van der Waals surface area contributed by atoms with E-state index >= 15 is 0 Å². The van der Waals surface area contributed by atoms with Crippen LogP contribution in [0.5, 0.6) is 0 Å². The molecular weight excluding hydrogens is 260 g/mol. The lowest BCUT2D eigenvalue weighted by atomic mass is 9.98. The van der Waals surface area contributed by atoms with E-state index in [2.05, 4.69) is 39.8 Å². The van der Waals surface area contributed by atoms with E-state index in [1.165, 1.54) is 34.7 Å². The van der Waals surface area contributed by atoms with Gasteiger partial charge < -0.3 is 4.90 Å². The van der Waals surface area contributed by atoms with Gasteiger partial charge in [-0.25, -0.2) is 4.98 Å². The van der Waals surface area contributed by atoms with Crippen LogP contribution in [-0.4, -0.2) is 30.0 Å². The van der Waals surface area contributed by atoms with Gasteiger partial charge in [-0.15, -0.1) is 11.3 Å². The van der Waals surface area contributed by atoms with Gasteiger partial charge in [-0.05, 0) is 55.8 Å². The van der Waals surface area contributed by atoms with E-state index in [9.17, 15) is 0 Å². The molecule has 0 bridgehead atoms. The number of aromatic nitrogens is 1. The maximum Gasteiger partial charge on any atom is 0.0971 e. The molecule has 14 heavy (non-hydrogen) atoms. The number of halogens is 1. The first-order chi connectivity index (χ1) is 6.66. The molecule has 0 aromatic carbocycles. The van der Waals surface area contributed by atoms with Crippen molar-refractivity contribution in [2.24, 2.45) is 0 Å². The van der Waals surface area contributed by atoms with E-state index in [-0.39, 0.29) is 0 Å². The molecule has 1 fully saturated rings. The SMILES string of the molecule is Cc1nc(C2CCN(C)CC2)sc1Br. The van der Waals surface area contributed by atoms with Gasteiger partial charge in [0.1, 0.15) is 0 Å². The Morgan fingerprint density at radius 2 is 2.07 bits per heavy atom. The summed E-state index contributed by atoms with van der Waals surface area (Å²) in [5, 5.41) is 1.32. The predicted molar refractivity (Wildman–Crippen MR) is 64.0 cm³/mol. The monoisotopic (exact) mass is 274 g/mol. The number of thiazole rings is 1. The molecule has 0 amide bonds. The fraction of sp³-hybridized carbons (Fsp3) is 0.700. The quantitative estimate of drug-likeness (QED) is 0.783. The molecule has 0 spiro atoms. The Labute approximate surface area is 97.5 Å². The molecule has 1 aromatic rings. The molecule has 2 rings (SSSR count). The molecule has 0 N–H and O–H groups in total. The summed E-state index contributed by atoms with van der Waals surface area (Å²) in [6.07, 6.45) is 2.52. The number of aryl methyl sites for hydroxylation is 1. The van der Waals surface area contributed by atoms with Crippen molar-refractivity contribution in [3.63, 3.8) is 0 Å². The van der Waals surface area contributed by atoms with Crippen molar-refractivity contribution < 1.29 is 0 Å². The molecule has 4 heteroatoms. The minimum atomic E-state index is 0.696. The molecule has 2 nitrogen and oxygen atoms in total. The van der Waals surface area contributed by atoms with Gasteiger partial charge in [-0.3, -0.25) is 0 Å². The molecular formula is C10H15BrN2S. The summed E-state index contributed by atoms with van der Waals surface area (Å²) >= 11 is 5.35. The zero-order chi connectivity index (χ0) is 10.1. The normalized spacial score (nSPS) is 20.2. The van der Waals surface area contributed by atoms with E-state index in [4.69, 9.17) is 0 Å².